The Kier molecular flexibility index (Phi) is 3.82. The molecule has 0 radical (unpaired) electrons. The summed E-state index contributed by atoms with van der Waals surface area (Å²) >= 11 is 1.56. The van der Waals surface area contributed by atoms with Gasteiger partial charge in [0.2, 0.25) is 5.13 Å². The Morgan fingerprint density at radius 1 is 1.35 bits per heavy atom. The predicted octanol–water partition coefficient (Wildman–Crippen LogP) is 1.50. The van der Waals surface area contributed by atoms with Crippen molar-refractivity contribution in [3.63, 3.8) is 0 Å². The van der Waals surface area contributed by atoms with Gasteiger partial charge in [-0.05, 0) is 24.5 Å². The first kappa shape index (κ1) is 14.4. The minimum atomic E-state index is 0.0143. The molecule has 0 aliphatic carbocycles. The molecule has 2 aliphatic rings. The number of carbonyl (C=O) groups is 1. The second-order valence-corrected chi connectivity index (χ2v) is 6.65. The van der Waals surface area contributed by atoms with Crippen molar-refractivity contribution >= 4 is 22.5 Å². The van der Waals surface area contributed by atoms with Gasteiger partial charge in [-0.3, -0.25) is 4.98 Å². The third kappa shape index (κ3) is 2.74. The summed E-state index contributed by atoms with van der Waals surface area (Å²) in [4.78, 5) is 20.9. The third-order valence-corrected chi connectivity index (χ3v) is 5.32. The van der Waals surface area contributed by atoms with Gasteiger partial charge in [0.25, 0.3) is 0 Å². The Morgan fingerprint density at radius 2 is 2.26 bits per heavy atom. The minimum absolute atomic E-state index is 0.0143. The Labute approximate surface area is 138 Å². The maximum Gasteiger partial charge on any atom is 0.317 e. The van der Waals surface area contributed by atoms with Crippen LogP contribution in [0.25, 0.3) is 0 Å². The van der Waals surface area contributed by atoms with Crippen LogP contribution >= 0.6 is 11.3 Å². The van der Waals surface area contributed by atoms with E-state index >= 15 is 0 Å². The quantitative estimate of drug-likeness (QED) is 0.923. The molecule has 1 N–H and O–H groups in total. The topological polar surface area (TPSA) is 74.2 Å². The smallest absolute Gasteiger partial charge is 0.317 e. The molecular weight excluding hydrogens is 312 g/mol. The number of amides is 2. The lowest BCUT2D eigenvalue weighted by atomic mass is 10.1. The Bertz CT molecular complexity index is 664. The molecule has 0 spiro atoms. The minimum Gasteiger partial charge on any atom is -0.341 e. The number of anilines is 1. The highest BCUT2D eigenvalue weighted by Crippen LogP contribution is 2.35. The highest BCUT2D eigenvalue weighted by Gasteiger charge is 2.45. The van der Waals surface area contributed by atoms with E-state index < -0.39 is 0 Å². The Morgan fingerprint density at radius 3 is 3.04 bits per heavy atom. The molecule has 120 valence electrons. The number of nitrogens with zero attached hydrogens (tertiary/aromatic N) is 5. The average Bonchev–Trinajstić information content (AvgIpc) is 3.30. The molecule has 7 nitrogen and oxygen atoms in total. The molecule has 4 rings (SSSR count). The predicted molar refractivity (Wildman–Crippen MR) is 87.2 cm³/mol. The summed E-state index contributed by atoms with van der Waals surface area (Å²) in [6.45, 7) is 2.25. The molecule has 2 aromatic heterocycles. The maximum absolute atomic E-state index is 12.5. The van der Waals surface area contributed by atoms with E-state index in [1.54, 1.807) is 29.2 Å². The zero-order valence-electron chi connectivity index (χ0n) is 12.6. The fourth-order valence-corrected chi connectivity index (χ4v) is 4.20. The first-order valence-corrected chi connectivity index (χ1v) is 8.67. The number of hydrogen-bond donors (Lipinski definition) is 1. The summed E-state index contributed by atoms with van der Waals surface area (Å²) in [5.74, 6) is 0. The zero-order valence-corrected chi connectivity index (χ0v) is 13.4. The number of hydrogen-bond acceptors (Lipinski definition) is 6. The van der Waals surface area contributed by atoms with Gasteiger partial charge in [0.15, 0.2) is 0 Å². The Hall–Kier alpha value is -2.22. The van der Waals surface area contributed by atoms with E-state index in [0.717, 1.165) is 36.6 Å². The fraction of sp³-hybridized carbons (Fsp3) is 0.467. The Balaban J connectivity index is 1.38. The van der Waals surface area contributed by atoms with Gasteiger partial charge in [0.05, 0.1) is 12.1 Å². The number of urea groups is 1. The monoisotopic (exact) mass is 330 g/mol. The van der Waals surface area contributed by atoms with Crippen molar-refractivity contribution in [2.45, 2.75) is 31.5 Å². The number of nitrogens with one attached hydrogen (secondary N) is 1. The lowest BCUT2D eigenvalue weighted by Gasteiger charge is -2.25. The van der Waals surface area contributed by atoms with Crippen LogP contribution in [0.1, 0.15) is 18.4 Å². The van der Waals surface area contributed by atoms with Crippen LogP contribution in [0.15, 0.2) is 30.0 Å². The van der Waals surface area contributed by atoms with E-state index in [2.05, 4.69) is 25.4 Å². The first-order chi connectivity index (χ1) is 11.3. The van der Waals surface area contributed by atoms with Gasteiger partial charge in [-0.1, -0.05) is 17.4 Å². The number of aromatic nitrogens is 3. The van der Waals surface area contributed by atoms with E-state index in [9.17, 15) is 4.79 Å². The number of fused-ring (bicyclic) bond motifs is 1. The van der Waals surface area contributed by atoms with Gasteiger partial charge in [-0.2, -0.15) is 0 Å². The van der Waals surface area contributed by atoms with Crippen LogP contribution in [0.5, 0.6) is 0 Å². The van der Waals surface area contributed by atoms with E-state index in [1.165, 1.54) is 0 Å². The van der Waals surface area contributed by atoms with Crippen LogP contribution in [0.3, 0.4) is 0 Å². The molecule has 23 heavy (non-hydrogen) atoms. The van der Waals surface area contributed by atoms with Crippen molar-refractivity contribution in [2.75, 3.05) is 18.0 Å². The van der Waals surface area contributed by atoms with Crippen LogP contribution in [0.2, 0.25) is 0 Å². The van der Waals surface area contributed by atoms with Crippen LogP contribution in [0, 0.1) is 0 Å². The first-order valence-electron chi connectivity index (χ1n) is 7.79. The summed E-state index contributed by atoms with van der Waals surface area (Å²) in [5.41, 5.74) is 2.77. The molecule has 0 saturated carbocycles. The third-order valence-electron chi connectivity index (χ3n) is 4.60. The van der Waals surface area contributed by atoms with Gasteiger partial charge in [0, 0.05) is 32.0 Å². The second kappa shape index (κ2) is 6.11. The normalized spacial score (nSPS) is 23.1. The summed E-state index contributed by atoms with van der Waals surface area (Å²) in [7, 11) is 0. The van der Waals surface area contributed by atoms with Crippen LogP contribution in [0.4, 0.5) is 9.93 Å². The molecule has 2 atom stereocenters. The summed E-state index contributed by atoms with van der Waals surface area (Å²) in [6.07, 6.45) is 5.49. The van der Waals surface area contributed by atoms with Crippen molar-refractivity contribution in [3.05, 3.63) is 35.6 Å². The molecule has 0 unspecified atom stereocenters. The largest absolute Gasteiger partial charge is 0.341 e. The highest BCUT2D eigenvalue weighted by molar-refractivity contribution is 7.13. The van der Waals surface area contributed by atoms with E-state index in [0.29, 0.717) is 12.6 Å². The van der Waals surface area contributed by atoms with Crippen molar-refractivity contribution in [3.8, 4) is 0 Å². The molecule has 2 aromatic rings. The summed E-state index contributed by atoms with van der Waals surface area (Å²) in [5, 5.41) is 12.1. The lowest BCUT2D eigenvalue weighted by molar-refractivity contribution is 0.192. The van der Waals surface area contributed by atoms with E-state index in [4.69, 9.17) is 0 Å². The molecular formula is C15H18N6OS. The molecule has 2 saturated heterocycles. The van der Waals surface area contributed by atoms with Gasteiger partial charge in [-0.15, -0.1) is 10.2 Å². The van der Waals surface area contributed by atoms with Crippen LogP contribution in [-0.2, 0) is 6.54 Å². The van der Waals surface area contributed by atoms with Crippen LogP contribution < -0.4 is 10.2 Å². The van der Waals surface area contributed by atoms with Gasteiger partial charge < -0.3 is 15.1 Å². The molecule has 2 fully saturated rings. The number of rotatable bonds is 3. The molecule has 8 heteroatoms. The van der Waals surface area contributed by atoms with E-state index in [-0.39, 0.29) is 12.1 Å². The van der Waals surface area contributed by atoms with E-state index in [1.807, 2.05) is 17.0 Å². The molecule has 0 bridgehead atoms. The fourth-order valence-electron chi connectivity index (χ4n) is 3.55. The van der Waals surface area contributed by atoms with Crippen molar-refractivity contribution in [1.82, 2.24) is 25.4 Å². The average molecular weight is 330 g/mol. The summed E-state index contributed by atoms with van der Waals surface area (Å²) < 4.78 is 0. The highest BCUT2D eigenvalue weighted by atomic mass is 32.1. The maximum atomic E-state index is 12.5. The molecule has 4 heterocycles. The lowest BCUT2D eigenvalue weighted by Crippen LogP contribution is -2.44. The SMILES string of the molecule is O=C(NCc1cccnc1)N1CC[C@H]2[C@H]1CCN2c1nncs1. The number of carbonyl (C=O) groups excluding carboxylic acids is 1. The second-order valence-electron chi connectivity index (χ2n) is 5.84. The molecule has 2 amide bonds. The van der Waals surface area contributed by atoms with Gasteiger partial charge in [0.1, 0.15) is 5.51 Å². The molecule has 2 aliphatic heterocycles. The van der Waals surface area contributed by atoms with Gasteiger partial charge in [-0.25, -0.2) is 4.79 Å². The van der Waals surface area contributed by atoms with Crippen LogP contribution in [-0.4, -0.2) is 51.3 Å². The van der Waals surface area contributed by atoms with Gasteiger partial charge >= 0.3 is 6.03 Å². The standard InChI is InChI=1S/C15H18N6OS/c22-14(17-9-11-2-1-5-16-8-11)20-6-3-13-12(20)4-7-21(13)15-19-18-10-23-15/h1-2,5,8,10,12-13H,3-4,6-7,9H2,(H,17,22)/t12-,13+/m1/s1. The molecule has 0 aromatic carbocycles. The number of pyridine rings is 1. The summed E-state index contributed by atoms with van der Waals surface area (Å²) in [6, 6.07) is 4.50. The van der Waals surface area contributed by atoms with Crippen molar-refractivity contribution in [1.29, 1.82) is 0 Å². The number of likely N-dealkylation sites (tertiary alicyclic amines) is 1. The van der Waals surface area contributed by atoms with Crippen molar-refractivity contribution < 1.29 is 4.79 Å². The zero-order chi connectivity index (χ0) is 15.6. The van der Waals surface area contributed by atoms with Crippen molar-refractivity contribution in [2.24, 2.45) is 0 Å².